The number of rotatable bonds is 10. The first-order valence-electron chi connectivity index (χ1n) is 9.56. The van der Waals surface area contributed by atoms with Gasteiger partial charge < -0.3 is 0 Å². The van der Waals surface area contributed by atoms with Gasteiger partial charge in [-0.2, -0.15) is 0 Å². The van der Waals surface area contributed by atoms with Crippen molar-refractivity contribution in [1.82, 2.24) is 9.80 Å². The molecule has 0 radical (unpaired) electrons. The van der Waals surface area contributed by atoms with Crippen LogP contribution in [0.2, 0.25) is 0 Å². The highest BCUT2D eigenvalue weighted by molar-refractivity contribution is 7.91. The Kier molecular flexibility index (Phi) is 7.64. The lowest BCUT2D eigenvalue weighted by atomic mass is 10.1. The zero-order valence-electron chi connectivity index (χ0n) is 15.9. The van der Waals surface area contributed by atoms with Crippen molar-refractivity contribution in [2.75, 3.05) is 49.2 Å². The van der Waals surface area contributed by atoms with E-state index in [4.69, 9.17) is 0 Å². The molecule has 2 heterocycles. The van der Waals surface area contributed by atoms with E-state index in [2.05, 4.69) is 0 Å². The number of carbonyl (C=O) groups is 1. The molecule has 0 amide bonds. The van der Waals surface area contributed by atoms with Crippen LogP contribution >= 0.6 is 0 Å². The number of ketones is 1. The van der Waals surface area contributed by atoms with Crippen molar-refractivity contribution in [3.63, 3.8) is 0 Å². The van der Waals surface area contributed by atoms with Gasteiger partial charge in [-0.3, -0.25) is 14.6 Å². The fraction of sp³-hybridized carbons (Fsp3) is 0.941. The standard InChI is InChI=1S/C17H32N2O5S2/c1-3-7-18(15-5-9-25(21,22)13-15)11-17(20)12-19(8-4-2)16-6-10-26(23,24)14-16/h15-16H,3-14H2,1-2H3/t15-,16-/m0/s1. The van der Waals surface area contributed by atoms with Gasteiger partial charge in [-0.25, -0.2) is 16.8 Å². The SMILES string of the molecule is CCCN(CC(=O)CN(CCC)[C@H]1CCS(=O)(=O)C1)[C@H]1CCS(=O)(=O)C1. The van der Waals surface area contributed by atoms with Crippen LogP contribution in [0.5, 0.6) is 0 Å². The molecule has 0 aromatic rings. The molecule has 2 aliphatic heterocycles. The predicted octanol–water partition coefficient (Wildman–Crippen LogP) is 0.354. The summed E-state index contributed by atoms with van der Waals surface area (Å²) >= 11 is 0. The van der Waals surface area contributed by atoms with E-state index in [1.165, 1.54) is 0 Å². The first kappa shape index (κ1) is 21.8. The van der Waals surface area contributed by atoms with Gasteiger partial charge in [0.15, 0.2) is 25.5 Å². The summed E-state index contributed by atoms with van der Waals surface area (Å²) in [6.45, 7) is 5.94. The smallest absolute Gasteiger partial charge is 0.160 e. The number of hydrogen-bond donors (Lipinski definition) is 0. The van der Waals surface area contributed by atoms with Crippen molar-refractivity contribution < 1.29 is 21.6 Å². The number of sulfone groups is 2. The van der Waals surface area contributed by atoms with Gasteiger partial charge in [0.1, 0.15) is 0 Å². The third kappa shape index (κ3) is 6.28. The quantitative estimate of drug-likeness (QED) is 0.515. The Morgan fingerprint density at radius 1 is 0.808 bits per heavy atom. The largest absolute Gasteiger partial charge is 0.297 e. The Balaban J connectivity index is 1.96. The van der Waals surface area contributed by atoms with Crippen LogP contribution in [0.15, 0.2) is 0 Å². The van der Waals surface area contributed by atoms with Gasteiger partial charge in [-0.15, -0.1) is 0 Å². The van der Waals surface area contributed by atoms with Crippen LogP contribution < -0.4 is 0 Å². The molecule has 2 atom stereocenters. The molecule has 7 nitrogen and oxygen atoms in total. The minimum Gasteiger partial charge on any atom is -0.297 e. The van der Waals surface area contributed by atoms with Gasteiger partial charge in [0.2, 0.25) is 0 Å². The minimum absolute atomic E-state index is 0.0421. The molecule has 0 bridgehead atoms. The van der Waals surface area contributed by atoms with Crippen molar-refractivity contribution >= 4 is 25.5 Å². The van der Waals surface area contributed by atoms with Gasteiger partial charge in [0, 0.05) is 12.1 Å². The molecule has 152 valence electrons. The molecule has 9 heteroatoms. The van der Waals surface area contributed by atoms with Gasteiger partial charge in [-0.05, 0) is 38.8 Å². The molecular formula is C17H32N2O5S2. The zero-order valence-corrected chi connectivity index (χ0v) is 17.5. The highest BCUT2D eigenvalue weighted by Crippen LogP contribution is 2.20. The van der Waals surface area contributed by atoms with Crippen LogP contribution in [-0.4, -0.2) is 93.7 Å². The normalized spacial score (nSPS) is 27.4. The third-order valence-corrected chi connectivity index (χ3v) is 8.73. The highest BCUT2D eigenvalue weighted by atomic mass is 32.2. The van der Waals surface area contributed by atoms with Gasteiger partial charge in [0.25, 0.3) is 0 Å². The van der Waals surface area contributed by atoms with Crippen LogP contribution in [0.3, 0.4) is 0 Å². The van der Waals surface area contributed by atoms with E-state index in [1.807, 2.05) is 23.6 Å². The molecule has 0 N–H and O–H groups in total. The molecule has 0 aliphatic carbocycles. The summed E-state index contributed by atoms with van der Waals surface area (Å²) in [5.74, 6) is 0.724. The summed E-state index contributed by atoms with van der Waals surface area (Å²) in [5, 5.41) is 0. The van der Waals surface area contributed by atoms with Crippen LogP contribution in [-0.2, 0) is 24.5 Å². The molecule has 2 rings (SSSR count). The molecule has 0 aromatic heterocycles. The molecule has 2 aliphatic rings. The molecule has 2 saturated heterocycles. The van der Waals surface area contributed by atoms with E-state index in [9.17, 15) is 21.6 Å². The summed E-state index contributed by atoms with van der Waals surface area (Å²) in [6, 6.07) is -0.147. The second-order valence-electron chi connectivity index (χ2n) is 7.59. The minimum atomic E-state index is -2.98. The van der Waals surface area contributed by atoms with E-state index in [1.54, 1.807) is 0 Å². The number of hydrogen-bond acceptors (Lipinski definition) is 7. The topological polar surface area (TPSA) is 91.8 Å². The number of nitrogens with zero attached hydrogens (tertiary/aromatic N) is 2. The van der Waals surface area contributed by atoms with Crippen molar-refractivity contribution in [2.45, 2.75) is 51.6 Å². The lowest BCUT2D eigenvalue weighted by molar-refractivity contribution is -0.122. The molecule has 0 saturated carbocycles. The second kappa shape index (κ2) is 9.12. The van der Waals surface area contributed by atoms with Crippen molar-refractivity contribution in [2.24, 2.45) is 0 Å². The maximum absolute atomic E-state index is 12.7. The Hall–Kier alpha value is -0.510. The highest BCUT2D eigenvalue weighted by Gasteiger charge is 2.35. The Morgan fingerprint density at radius 3 is 1.46 bits per heavy atom. The maximum atomic E-state index is 12.7. The lowest BCUT2D eigenvalue weighted by Gasteiger charge is -2.30. The van der Waals surface area contributed by atoms with E-state index in [0.29, 0.717) is 25.9 Å². The lowest BCUT2D eigenvalue weighted by Crippen LogP contribution is -2.46. The Bertz CT molecular complexity index is 632. The van der Waals surface area contributed by atoms with Crippen molar-refractivity contribution in [1.29, 1.82) is 0 Å². The predicted molar refractivity (Wildman–Crippen MR) is 103 cm³/mol. The van der Waals surface area contributed by atoms with Crippen LogP contribution in [0, 0.1) is 0 Å². The first-order chi connectivity index (χ1) is 12.2. The van der Waals surface area contributed by atoms with Crippen LogP contribution in [0.4, 0.5) is 0 Å². The molecular weight excluding hydrogens is 376 g/mol. The third-order valence-electron chi connectivity index (χ3n) is 5.23. The molecule has 0 spiro atoms. The second-order valence-corrected chi connectivity index (χ2v) is 12.1. The Labute approximate surface area is 157 Å². The summed E-state index contributed by atoms with van der Waals surface area (Å²) in [7, 11) is -5.96. The van der Waals surface area contributed by atoms with Gasteiger partial charge in [-0.1, -0.05) is 13.8 Å². The number of carbonyl (C=O) groups excluding carboxylic acids is 1. The molecule has 0 aromatic carbocycles. The number of Topliss-reactive ketones (excluding diaryl/α,β-unsaturated/α-hetero) is 1. The summed E-state index contributed by atoms with van der Waals surface area (Å²) in [6.07, 6.45) is 2.91. The molecule has 26 heavy (non-hydrogen) atoms. The van der Waals surface area contributed by atoms with E-state index >= 15 is 0 Å². The van der Waals surface area contributed by atoms with Gasteiger partial charge >= 0.3 is 0 Å². The average Bonchev–Trinajstić information content (AvgIpc) is 3.08. The average molecular weight is 409 g/mol. The summed E-state index contributed by atoms with van der Waals surface area (Å²) < 4.78 is 47.0. The fourth-order valence-electron chi connectivity index (χ4n) is 3.99. The van der Waals surface area contributed by atoms with E-state index in [-0.39, 0.29) is 54.0 Å². The maximum Gasteiger partial charge on any atom is 0.160 e. The van der Waals surface area contributed by atoms with Gasteiger partial charge in [0.05, 0.1) is 36.1 Å². The van der Waals surface area contributed by atoms with E-state index in [0.717, 1.165) is 12.8 Å². The van der Waals surface area contributed by atoms with Crippen LogP contribution in [0.1, 0.15) is 39.5 Å². The van der Waals surface area contributed by atoms with Crippen LogP contribution in [0.25, 0.3) is 0 Å². The first-order valence-corrected chi connectivity index (χ1v) is 13.2. The molecule has 0 unspecified atom stereocenters. The Morgan fingerprint density at radius 2 is 1.19 bits per heavy atom. The fourth-order valence-corrected chi connectivity index (χ4v) is 7.51. The van der Waals surface area contributed by atoms with E-state index < -0.39 is 19.7 Å². The summed E-state index contributed by atoms with van der Waals surface area (Å²) in [5.41, 5.74) is 0. The monoisotopic (exact) mass is 408 g/mol. The van der Waals surface area contributed by atoms with Crippen molar-refractivity contribution in [3.05, 3.63) is 0 Å². The summed E-state index contributed by atoms with van der Waals surface area (Å²) in [4.78, 5) is 16.7. The van der Waals surface area contributed by atoms with Crippen molar-refractivity contribution in [3.8, 4) is 0 Å². The molecule has 2 fully saturated rings. The zero-order chi connectivity index (χ0) is 19.4.